The molecule has 0 aromatic carbocycles. The highest BCUT2D eigenvalue weighted by atomic mass is 32.2. The number of pyridine rings is 1. The Kier molecular flexibility index (Phi) is 6.24. The highest BCUT2D eigenvalue weighted by Crippen LogP contribution is 2.26. The Morgan fingerprint density at radius 3 is 2.97 bits per heavy atom. The number of carbonyl (C=O) groups excluding carboxylic acids is 1. The van der Waals surface area contributed by atoms with E-state index in [0.717, 1.165) is 16.3 Å². The van der Waals surface area contributed by atoms with Gasteiger partial charge in [-0.25, -0.2) is 4.98 Å². The molecule has 1 N–H and O–H groups in total. The van der Waals surface area contributed by atoms with E-state index in [1.165, 1.54) is 23.1 Å². The second-order valence-corrected chi connectivity index (χ2v) is 8.25. The van der Waals surface area contributed by atoms with Crippen molar-refractivity contribution in [3.8, 4) is 22.8 Å². The minimum Gasteiger partial charge on any atom is -0.461 e. The lowest BCUT2D eigenvalue weighted by Crippen LogP contribution is -2.28. The van der Waals surface area contributed by atoms with E-state index in [0.29, 0.717) is 23.3 Å². The molecule has 0 aliphatic heterocycles. The molecular weight excluding hydrogens is 420 g/mol. The van der Waals surface area contributed by atoms with Crippen molar-refractivity contribution < 1.29 is 9.21 Å². The number of nitrogens with zero attached hydrogens (tertiary/aromatic N) is 5. The molecule has 1 atom stereocenters. The van der Waals surface area contributed by atoms with Gasteiger partial charge in [-0.05, 0) is 38.1 Å². The minimum absolute atomic E-state index is 0.0872. The van der Waals surface area contributed by atoms with Crippen LogP contribution in [0.4, 0.5) is 0 Å². The SMILES string of the molecule is CCn1c(SCC(=O)NC(C)c2nc(-c3cccnc3)cs2)nnc1-c1ccco1. The van der Waals surface area contributed by atoms with Crippen LogP contribution in [0.15, 0.2) is 57.9 Å². The summed E-state index contributed by atoms with van der Waals surface area (Å²) in [6.45, 7) is 4.61. The summed E-state index contributed by atoms with van der Waals surface area (Å²) in [5, 5.41) is 14.9. The molecule has 0 aliphatic carbocycles. The summed E-state index contributed by atoms with van der Waals surface area (Å²) in [6, 6.07) is 7.31. The van der Waals surface area contributed by atoms with Gasteiger partial charge in [0, 0.05) is 29.9 Å². The smallest absolute Gasteiger partial charge is 0.231 e. The van der Waals surface area contributed by atoms with Crippen molar-refractivity contribution in [3.05, 3.63) is 53.3 Å². The zero-order chi connectivity index (χ0) is 20.9. The highest BCUT2D eigenvalue weighted by molar-refractivity contribution is 7.99. The zero-order valence-electron chi connectivity index (χ0n) is 16.5. The van der Waals surface area contributed by atoms with Crippen LogP contribution in [0.5, 0.6) is 0 Å². The first-order chi connectivity index (χ1) is 14.7. The number of nitrogens with one attached hydrogen (secondary N) is 1. The molecule has 0 aliphatic rings. The predicted molar refractivity (Wildman–Crippen MR) is 116 cm³/mol. The van der Waals surface area contributed by atoms with Crippen LogP contribution in [-0.2, 0) is 11.3 Å². The van der Waals surface area contributed by atoms with Gasteiger partial charge in [0.15, 0.2) is 16.7 Å². The molecule has 4 aromatic heterocycles. The number of carbonyl (C=O) groups is 1. The van der Waals surface area contributed by atoms with Crippen LogP contribution < -0.4 is 5.32 Å². The third-order valence-corrected chi connectivity index (χ3v) is 6.33. The van der Waals surface area contributed by atoms with E-state index in [9.17, 15) is 4.79 Å². The molecule has 0 saturated heterocycles. The van der Waals surface area contributed by atoms with Crippen molar-refractivity contribution in [1.29, 1.82) is 0 Å². The second kappa shape index (κ2) is 9.23. The fourth-order valence-electron chi connectivity index (χ4n) is 2.88. The molecule has 0 fully saturated rings. The van der Waals surface area contributed by atoms with Gasteiger partial charge in [0.2, 0.25) is 5.91 Å². The van der Waals surface area contributed by atoms with Gasteiger partial charge in [-0.15, -0.1) is 21.5 Å². The van der Waals surface area contributed by atoms with Gasteiger partial charge < -0.3 is 9.73 Å². The molecule has 0 spiro atoms. The summed E-state index contributed by atoms with van der Waals surface area (Å²) in [5.74, 6) is 1.46. The van der Waals surface area contributed by atoms with Crippen LogP contribution in [0.25, 0.3) is 22.8 Å². The number of furan rings is 1. The normalized spacial score (nSPS) is 12.1. The van der Waals surface area contributed by atoms with E-state index in [2.05, 4.69) is 25.5 Å². The van der Waals surface area contributed by atoms with Gasteiger partial charge in [0.25, 0.3) is 0 Å². The minimum atomic E-state index is -0.184. The number of hydrogen-bond donors (Lipinski definition) is 1. The van der Waals surface area contributed by atoms with Crippen molar-refractivity contribution in [1.82, 2.24) is 30.0 Å². The number of aromatic nitrogens is 5. The Balaban J connectivity index is 1.36. The molecule has 30 heavy (non-hydrogen) atoms. The summed E-state index contributed by atoms with van der Waals surface area (Å²) in [4.78, 5) is 21.2. The van der Waals surface area contributed by atoms with E-state index in [-0.39, 0.29) is 17.7 Å². The number of thioether (sulfide) groups is 1. The van der Waals surface area contributed by atoms with Gasteiger partial charge in [0.1, 0.15) is 5.01 Å². The number of hydrogen-bond acceptors (Lipinski definition) is 8. The quantitative estimate of drug-likeness (QED) is 0.413. The summed E-state index contributed by atoms with van der Waals surface area (Å²) in [7, 11) is 0. The second-order valence-electron chi connectivity index (χ2n) is 6.42. The molecule has 1 amide bonds. The third kappa shape index (κ3) is 4.44. The lowest BCUT2D eigenvalue weighted by atomic mass is 10.2. The first-order valence-electron chi connectivity index (χ1n) is 9.40. The van der Waals surface area contributed by atoms with Crippen molar-refractivity contribution in [3.63, 3.8) is 0 Å². The Labute approximate surface area is 181 Å². The molecule has 4 aromatic rings. The average molecular weight is 441 g/mol. The summed E-state index contributed by atoms with van der Waals surface area (Å²) >= 11 is 2.87. The maximum atomic E-state index is 12.5. The Hall–Kier alpha value is -2.98. The van der Waals surface area contributed by atoms with Gasteiger partial charge >= 0.3 is 0 Å². The van der Waals surface area contributed by atoms with Gasteiger partial charge in [0.05, 0.1) is 23.8 Å². The molecule has 154 valence electrons. The van der Waals surface area contributed by atoms with Crippen molar-refractivity contribution in [2.45, 2.75) is 31.6 Å². The summed E-state index contributed by atoms with van der Waals surface area (Å²) in [5.41, 5.74) is 1.82. The summed E-state index contributed by atoms with van der Waals surface area (Å²) < 4.78 is 7.35. The lowest BCUT2D eigenvalue weighted by Gasteiger charge is -2.11. The third-order valence-electron chi connectivity index (χ3n) is 4.33. The molecular formula is C20H20N6O2S2. The van der Waals surface area contributed by atoms with Crippen molar-refractivity contribution in [2.24, 2.45) is 0 Å². The molecule has 1 unspecified atom stereocenters. The van der Waals surface area contributed by atoms with E-state index < -0.39 is 0 Å². The fourth-order valence-corrected chi connectivity index (χ4v) is 4.53. The largest absolute Gasteiger partial charge is 0.461 e. The lowest BCUT2D eigenvalue weighted by molar-refractivity contribution is -0.119. The van der Waals surface area contributed by atoms with Crippen LogP contribution in [-0.4, -0.2) is 36.4 Å². The van der Waals surface area contributed by atoms with Crippen LogP contribution >= 0.6 is 23.1 Å². The standard InChI is InChI=1S/C20H20N6O2S2/c1-3-26-18(16-7-5-9-28-16)24-25-20(26)30-12-17(27)22-13(2)19-23-15(11-29-19)14-6-4-8-21-10-14/h4-11,13H,3,12H2,1-2H3,(H,22,27). The zero-order valence-corrected chi connectivity index (χ0v) is 18.1. The topological polar surface area (TPSA) is 98.7 Å². The molecule has 10 heteroatoms. The van der Waals surface area contributed by atoms with Crippen molar-refractivity contribution >= 4 is 29.0 Å². The van der Waals surface area contributed by atoms with Crippen LogP contribution in [0.3, 0.4) is 0 Å². The first kappa shape index (κ1) is 20.3. The molecule has 4 rings (SSSR count). The van der Waals surface area contributed by atoms with E-state index >= 15 is 0 Å². The predicted octanol–water partition coefficient (Wildman–Crippen LogP) is 4.05. The molecule has 0 saturated carbocycles. The maximum Gasteiger partial charge on any atom is 0.231 e. The van der Waals surface area contributed by atoms with Gasteiger partial charge in [-0.3, -0.25) is 14.3 Å². The maximum absolute atomic E-state index is 12.5. The molecule has 4 heterocycles. The van der Waals surface area contributed by atoms with Gasteiger partial charge in [-0.1, -0.05) is 11.8 Å². The average Bonchev–Trinajstić information content (AvgIpc) is 3.53. The van der Waals surface area contributed by atoms with E-state index in [1.807, 2.05) is 48.1 Å². The van der Waals surface area contributed by atoms with Crippen LogP contribution in [0, 0.1) is 0 Å². The monoisotopic (exact) mass is 440 g/mol. The number of thiazole rings is 1. The van der Waals surface area contributed by atoms with E-state index in [1.54, 1.807) is 18.7 Å². The molecule has 0 bridgehead atoms. The Bertz CT molecular complexity index is 1110. The van der Waals surface area contributed by atoms with Crippen LogP contribution in [0.2, 0.25) is 0 Å². The van der Waals surface area contributed by atoms with Crippen molar-refractivity contribution in [2.75, 3.05) is 5.75 Å². The Morgan fingerprint density at radius 2 is 2.23 bits per heavy atom. The first-order valence-corrected chi connectivity index (χ1v) is 11.3. The number of amides is 1. The van der Waals surface area contributed by atoms with E-state index in [4.69, 9.17) is 4.42 Å². The molecule has 0 radical (unpaired) electrons. The highest BCUT2D eigenvalue weighted by Gasteiger charge is 2.18. The molecule has 8 nitrogen and oxygen atoms in total. The number of rotatable bonds is 8. The van der Waals surface area contributed by atoms with Crippen LogP contribution in [0.1, 0.15) is 24.9 Å². The summed E-state index contributed by atoms with van der Waals surface area (Å²) in [6.07, 6.45) is 5.11. The van der Waals surface area contributed by atoms with Gasteiger partial charge in [-0.2, -0.15) is 0 Å². The Morgan fingerprint density at radius 1 is 1.33 bits per heavy atom. The fraction of sp³-hybridized carbons (Fsp3) is 0.250.